The van der Waals surface area contributed by atoms with Gasteiger partial charge in [-0.15, -0.1) is 0 Å². The van der Waals surface area contributed by atoms with Gasteiger partial charge in [-0.25, -0.2) is 4.79 Å². The Hall–Kier alpha value is -1.84. The number of nitrogens with zero attached hydrogens (tertiary/aromatic N) is 1. The number of hydrogen-bond acceptors (Lipinski definition) is 5. The molecule has 3 unspecified atom stereocenters. The maximum atomic E-state index is 12.3. The van der Waals surface area contributed by atoms with Crippen LogP contribution in [-0.2, 0) is 14.4 Å². The summed E-state index contributed by atoms with van der Waals surface area (Å²) in [6.07, 6.45) is 1.52. The zero-order chi connectivity index (χ0) is 16.1. The molecule has 0 saturated carbocycles. The first-order valence-corrected chi connectivity index (χ1v) is 6.33. The van der Waals surface area contributed by atoms with E-state index in [1.807, 2.05) is 0 Å². The lowest BCUT2D eigenvalue weighted by Crippen LogP contribution is -2.56. The zero-order valence-corrected chi connectivity index (χ0v) is 12.4. The summed E-state index contributed by atoms with van der Waals surface area (Å²) in [6.45, 7) is 13.0. The predicted octanol–water partition coefficient (Wildman–Crippen LogP) is 1.76. The van der Waals surface area contributed by atoms with E-state index in [9.17, 15) is 19.5 Å². The van der Waals surface area contributed by atoms with Crippen LogP contribution in [0.25, 0.3) is 0 Å². The first kappa shape index (κ1) is 18.2. The largest absolute Gasteiger partial charge is 0.379 e. The van der Waals surface area contributed by atoms with Crippen LogP contribution in [0.5, 0.6) is 0 Å². The van der Waals surface area contributed by atoms with Gasteiger partial charge in [0.15, 0.2) is 17.2 Å². The average Bonchev–Trinajstić information content (AvgIpc) is 2.37. The Labute approximate surface area is 119 Å². The first-order chi connectivity index (χ1) is 9.14. The molecule has 0 heterocycles. The van der Waals surface area contributed by atoms with Gasteiger partial charge >= 0.3 is 0 Å². The highest BCUT2D eigenvalue weighted by molar-refractivity contribution is 6.07. The summed E-state index contributed by atoms with van der Waals surface area (Å²) in [6, 6.07) is -1.10. The van der Waals surface area contributed by atoms with Crippen molar-refractivity contribution in [1.82, 2.24) is 0 Å². The van der Waals surface area contributed by atoms with Crippen LogP contribution in [0.1, 0.15) is 34.1 Å². The second-order valence-corrected chi connectivity index (χ2v) is 4.94. The molecule has 110 valence electrons. The number of aliphatic imine (C=N–C) groups is 1. The summed E-state index contributed by atoms with van der Waals surface area (Å²) < 4.78 is 0. The van der Waals surface area contributed by atoms with Crippen molar-refractivity contribution in [3.63, 3.8) is 0 Å². The Morgan fingerprint density at radius 3 is 2.10 bits per heavy atom. The smallest absolute Gasteiger partial charge is 0.235 e. The molecule has 0 amide bonds. The molecule has 0 rings (SSSR count). The Morgan fingerprint density at radius 2 is 1.80 bits per heavy atom. The average molecular weight is 279 g/mol. The third-order valence-corrected chi connectivity index (χ3v) is 3.31. The molecule has 1 N–H and O–H groups in total. The Balaban J connectivity index is 6.03. The van der Waals surface area contributed by atoms with Crippen molar-refractivity contribution in [3.05, 3.63) is 24.3 Å². The van der Waals surface area contributed by atoms with Crippen molar-refractivity contribution < 1.29 is 19.5 Å². The molecule has 0 aromatic rings. The van der Waals surface area contributed by atoms with Gasteiger partial charge in [-0.3, -0.25) is 9.59 Å². The molecule has 20 heavy (non-hydrogen) atoms. The molecule has 0 fully saturated rings. The minimum absolute atomic E-state index is 0.0911. The van der Waals surface area contributed by atoms with Crippen molar-refractivity contribution in [2.45, 2.75) is 45.8 Å². The van der Waals surface area contributed by atoms with E-state index >= 15 is 0 Å². The molecule has 0 aliphatic rings. The minimum Gasteiger partial charge on any atom is -0.379 e. The van der Waals surface area contributed by atoms with Crippen LogP contribution in [-0.4, -0.2) is 34.4 Å². The molecule has 0 aliphatic carbocycles. The van der Waals surface area contributed by atoms with E-state index in [4.69, 9.17) is 0 Å². The normalized spacial score (nSPS) is 16.2. The van der Waals surface area contributed by atoms with Gasteiger partial charge in [-0.05, 0) is 38.3 Å². The van der Waals surface area contributed by atoms with Gasteiger partial charge in [0.05, 0.1) is 12.0 Å². The van der Waals surface area contributed by atoms with Crippen LogP contribution < -0.4 is 0 Å². The van der Waals surface area contributed by atoms with E-state index in [-0.39, 0.29) is 17.6 Å². The van der Waals surface area contributed by atoms with Gasteiger partial charge < -0.3 is 5.11 Å². The van der Waals surface area contributed by atoms with Gasteiger partial charge in [0.2, 0.25) is 6.08 Å². The fourth-order valence-electron chi connectivity index (χ4n) is 2.15. The number of Topliss-reactive ketones (excluding diaryl/α,β-unsaturated/α-hetero) is 2. The summed E-state index contributed by atoms with van der Waals surface area (Å²) >= 11 is 0. The Bertz CT molecular complexity index is 488. The third kappa shape index (κ3) is 3.38. The maximum Gasteiger partial charge on any atom is 0.235 e. The monoisotopic (exact) mass is 279 g/mol. The molecule has 0 aromatic heterocycles. The maximum absolute atomic E-state index is 12.3. The lowest BCUT2D eigenvalue weighted by Gasteiger charge is -2.36. The van der Waals surface area contributed by atoms with Gasteiger partial charge in [0, 0.05) is 0 Å². The van der Waals surface area contributed by atoms with Crippen molar-refractivity contribution in [2.75, 3.05) is 0 Å². The number of isocyanates is 1. The number of carbonyl (C=O) groups is 2. The minimum atomic E-state index is -2.12. The number of allylic oxidation sites excluding steroid dienone is 1. The summed E-state index contributed by atoms with van der Waals surface area (Å²) in [5.74, 6) is -2.17. The van der Waals surface area contributed by atoms with Crippen molar-refractivity contribution in [1.29, 1.82) is 0 Å². The fraction of sp³-hybridized carbons (Fsp3) is 0.533. The summed E-state index contributed by atoms with van der Waals surface area (Å²) in [4.78, 5) is 38.3. The molecular formula is C15H21NO4. The molecule has 0 aromatic carbocycles. The molecule has 0 aliphatic heterocycles. The van der Waals surface area contributed by atoms with Gasteiger partial charge in [-0.1, -0.05) is 20.1 Å². The SMILES string of the molecule is C=C(C)C(=O)C(CC)C(O)(C(=O)C(=C)C)C(C)N=C=O. The van der Waals surface area contributed by atoms with Crippen LogP contribution in [0, 0.1) is 5.92 Å². The highest BCUT2D eigenvalue weighted by Crippen LogP contribution is 2.32. The van der Waals surface area contributed by atoms with Crippen molar-refractivity contribution >= 4 is 17.6 Å². The first-order valence-electron chi connectivity index (χ1n) is 6.33. The Morgan fingerprint density at radius 1 is 1.30 bits per heavy atom. The van der Waals surface area contributed by atoms with Crippen LogP contribution in [0.4, 0.5) is 0 Å². The molecule has 3 atom stereocenters. The van der Waals surface area contributed by atoms with Crippen molar-refractivity contribution in [2.24, 2.45) is 10.9 Å². The van der Waals surface area contributed by atoms with Gasteiger partial charge in [0.1, 0.15) is 0 Å². The number of carbonyl (C=O) groups excluding carboxylic acids is 3. The Kier molecular flexibility index (Phi) is 6.43. The van der Waals surface area contributed by atoms with Crippen LogP contribution in [0.15, 0.2) is 29.3 Å². The van der Waals surface area contributed by atoms with Crippen molar-refractivity contribution in [3.8, 4) is 0 Å². The molecule has 0 radical (unpaired) electrons. The summed E-state index contributed by atoms with van der Waals surface area (Å²) in [7, 11) is 0. The van der Waals surface area contributed by atoms with E-state index < -0.39 is 29.1 Å². The molecule has 0 saturated heterocycles. The number of rotatable bonds is 8. The topological polar surface area (TPSA) is 83.8 Å². The summed E-state index contributed by atoms with van der Waals surface area (Å²) in [5, 5.41) is 10.8. The predicted molar refractivity (Wildman–Crippen MR) is 76.0 cm³/mol. The van der Waals surface area contributed by atoms with E-state index in [1.54, 1.807) is 6.92 Å². The van der Waals surface area contributed by atoms with Crippen LogP contribution >= 0.6 is 0 Å². The highest BCUT2D eigenvalue weighted by atomic mass is 16.3. The van der Waals surface area contributed by atoms with Crippen LogP contribution in [0.2, 0.25) is 0 Å². The number of hydrogen-bond donors (Lipinski definition) is 1. The number of aliphatic hydroxyl groups is 1. The second kappa shape index (κ2) is 7.08. The highest BCUT2D eigenvalue weighted by Gasteiger charge is 2.50. The lowest BCUT2D eigenvalue weighted by molar-refractivity contribution is -0.148. The second-order valence-electron chi connectivity index (χ2n) is 4.94. The van der Waals surface area contributed by atoms with Crippen LogP contribution in [0.3, 0.4) is 0 Å². The zero-order valence-electron chi connectivity index (χ0n) is 12.4. The summed E-state index contributed by atoms with van der Waals surface area (Å²) in [5.41, 5.74) is -1.80. The lowest BCUT2D eigenvalue weighted by atomic mass is 9.72. The van der Waals surface area contributed by atoms with Gasteiger partial charge in [-0.2, -0.15) is 4.99 Å². The standard InChI is InChI=1S/C15H21NO4/c1-7-12(13(18)9(2)3)15(20,11(6)16-8-17)14(19)10(4)5/h11-12,20H,2,4,7H2,1,3,5-6H3. The van der Waals surface area contributed by atoms with E-state index in [1.165, 1.54) is 26.9 Å². The quantitative estimate of drug-likeness (QED) is 0.417. The van der Waals surface area contributed by atoms with Gasteiger partial charge in [0.25, 0.3) is 0 Å². The van der Waals surface area contributed by atoms with E-state index in [2.05, 4.69) is 18.2 Å². The molecule has 5 heteroatoms. The van der Waals surface area contributed by atoms with E-state index in [0.717, 1.165) is 0 Å². The molecule has 5 nitrogen and oxygen atoms in total. The molecule has 0 spiro atoms. The fourth-order valence-corrected chi connectivity index (χ4v) is 2.15. The molecule has 0 bridgehead atoms. The number of ketones is 2. The van der Waals surface area contributed by atoms with E-state index in [0.29, 0.717) is 0 Å². The third-order valence-electron chi connectivity index (χ3n) is 3.31. The molecular weight excluding hydrogens is 258 g/mol.